The van der Waals surface area contributed by atoms with Gasteiger partial charge in [0.2, 0.25) is 0 Å². The van der Waals surface area contributed by atoms with Gasteiger partial charge in [-0.05, 0) is 131 Å². The van der Waals surface area contributed by atoms with Crippen LogP contribution in [-0.4, -0.2) is 76.6 Å². The van der Waals surface area contributed by atoms with E-state index in [1.165, 1.54) is 0 Å². The van der Waals surface area contributed by atoms with E-state index in [0.717, 1.165) is 0 Å². The molecule has 0 aromatic heterocycles. The first-order valence-electron chi connectivity index (χ1n) is 13.3. The van der Waals surface area contributed by atoms with Gasteiger partial charge in [-0.15, -0.1) is 0 Å². The van der Waals surface area contributed by atoms with Crippen molar-refractivity contribution in [1.29, 1.82) is 0 Å². The molecule has 0 bridgehead atoms. The topological polar surface area (TPSA) is 73.8 Å². The standard InChI is InChI=1S/C20H60O8Si9/c1-29(2,3)21-33(13,14)25-37(26-34(15,16)22-30(4,5)6,27-35(17,18)23-31(7,8)9)28-36(19,20)24-32(10,11)12/h1-20H3. The van der Waals surface area contributed by atoms with E-state index in [9.17, 15) is 0 Å². The minimum atomic E-state index is -3.90. The Labute approximate surface area is 239 Å². The summed E-state index contributed by atoms with van der Waals surface area (Å²) >= 11 is 0. The highest BCUT2D eigenvalue weighted by atomic mass is 28.6. The molecular weight excluding hydrogens is 621 g/mol. The smallest absolute Gasteiger partial charge is 0.437 e. The highest BCUT2D eigenvalue weighted by Crippen LogP contribution is 2.34. The van der Waals surface area contributed by atoms with Crippen LogP contribution in [0.1, 0.15) is 0 Å². The average molecular weight is 681 g/mol. The molecule has 0 aliphatic carbocycles. The predicted molar refractivity (Wildman–Crippen MR) is 178 cm³/mol. The van der Waals surface area contributed by atoms with Gasteiger partial charge in [0, 0.05) is 0 Å². The van der Waals surface area contributed by atoms with Crippen LogP contribution in [0.5, 0.6) is 0 Å². The maximum atomic E-state index is 6.99. The van der Waals surface area contributed by atoms with Crippen molar-refractivity contribution in [3.8, 4) is 0 Å². The van der Waals surface area contributed by atoms with E-state index < -0.39 is 76.6 Å². The fraction of sp³-hybridized carbons (Fsp3) is 1.00. The zero-order chi connectivity index (χ0) is 30.2. The summed E-state index contributed by atoms with van der Waals surface area (Å²) in [5, 5.41) is 0. The molecule has 0 spiro atoms. The molecule has 0 aromatic rings. The molecule has 37 heavy (non-hydrogen) atoms. The van der Waals surface area contributed by atoms with E-state index in [1.54, 1.807) is 0 Å². The van der Waals surface area contributed by atoms with Crippen LogP contribution in [-0.2, 0) is 32.9 Å². The molecule has 0 aliphatic rings. The Morgan fingerprint density at radius 2 is 0.351 bits per heavy atom. The molecule has 0 rings (SSSR count). The Morgan fingerprint density at radius 1 is 0.216 bits per heavy atom. The van der Waals surface area contributed by atoms with Gasteiger partial charge in [-0.3, -0.25) is 0 Å². The van der Waals surface area contributed by atoms with Crippen LogP contribution in [0.2, 0.25) is 131 Å². The van der Waals surface area contributed by atoms with Gasteiger partial charge in [-0.25, -0.2) is 0 Å². The van der Waals surface area contributed by atoms with Crippen LogP contribution in [0.15, 0.2) is 0 Å². The van der Waals surface area contributed by atoms with Gasteiger partial charge in [-0.1, -0.05) is 0 Å². The number of hydrogen-bond donors (Lipinski definition) is 0. The first-order chi connectivity index (χ1) is 15.7. The maximum Gasteiger partial charge on any atom is 0.643 e. The van der Waals surface area contributed by atoms with Crippen LogP contribution in [0, 0.1) is 0 Å². The molecule has 0 fully saturated rings. The molecule has 0 N–H and O–H groups in total. The second-order valence-electron chi connectivity index (χ2n) is 15.4. The quantitative estimate of drug-likeness (QED) is 0.154. The van der Waals surface area contributed by atoms with Crippen LogP contribution in [0.25, 0.3) is 0 Å². The maximum absolute atomic E-state index is 6.99. The van der Waals surface area contributed by atoms with E-state index in [1.807, 2.05) is 0 Å². The molecule has 0 saturated carbocycles. The molecule has 0 heterocycles. The van der Waals surface area contributed by atoms with Crippen molar-refractivity contribution in [2.24, 2.45) is 0 Å². The molecule has 0 unspecified atom stereocenters. The molecular formula is C20H60O8Si9. The fourth-order valence-corrected chi connectivity index (χ4v) is 43.0. The molecule has 0 saturated heterocycles. The summed E-state index contributed by atoms with van der Waals surface area (Å²) in [5.74, 6) is 0. The molecule has 0 atom stereocenters. The van der Waals surface area contributed by atoms with Gasteiger partial charge in [0.25, 0.3) is 0 Å². The summed E-state index contributed by atoms with van der Waals surface area (Å²) in [6, 6.07) is 0. The Bertz CT molecular complexity index is 611. The van der Waals surface area contributed by atoms with Gasteiger partial charge < -0.3 is 32.9 Å². The minimum absolute atomic E-state index is 1.93. The Morgan fingerprint density at radius 3 is 0.459 bits per heavy atom. The lowest BCUT2D eigenvalue weighted by atomic mass is 11.8. The van der Waals surface area contributed by atoms with Crippen molar-refractivity contribution in [3.05, 3.63) is 0 Å². The van der Waals surface area contributed by atoms with Crippen molar-refractivity contribution < 1.29 is 32.9 Å². The lowest BCUT2D eigenvalue weighted by Gasteiger charge is -2.47. The predicted octanol–water partition coefficient (Wildman–Crippen LogP) is 7.70. The SMILES string of the molecule is C[Si](C)(C)O[Si](C)(C)O[Si](O[Si](C)(C)O[Si](C)(C)C)(O[Si](C)(C)O[Si](C)(C)C)O[Si](C)(C)O[Si](C)(C)C. The molecule has 0 aliphatic heterocycles. The molecule has 0 amide bonds. The molecule has 0 radical (unpaired) electrons. The van der Waals surface area contributed by atoms with Crippen LogP contribution in [0.4, 0.5) is 0 Å². The number of hydrogen-bond acceptors (Lipinski definition) is 8. The van der Waals surface area contributed by atoms with Crippen LogP contribution in [0.3, 0.4) is 0 Å². The van der Waals surface area contributed by atoms with Crippen molar-refractivity contribution >= 4 is 76.6 Å². The molecule has 0 aromatic carbocycles. The van der Waals surface area contributed by atoms with Gasteiger partial charge in [0.05, 0.1) is 0 Å². The first-order valence-corrected chi connectivity index (χ1v) is 39.8. The van der Waals surface area contributed by atoms with Gasteiger partial charge in [0.1, 0.15) is 0 Å². The van der Waals surface area contributed by atoms with Crippen molar-refractivity contribution in [2.75, 3.05) is 0 Å². The summed E-state index contributed by atoms with van der Waals surface area (Å²) in [7, 11) is -22.7. The van der Waals surface area contributed by atoms with Crippen LogP contribution < -0.4 is 0 Å². The monoisotopic (exact) mass is 680 g/mol. The summed E-state index contributed by atoms with van der Waals surface area (Å²) in [5.41, 5.74) is 0. The van der Waals surface area contributed by atoms with E-state index in [2.05, 4.69) is 131 Å². The highest BCUT2D eigenvalue weighted by Gasteiger charge is 2.62. The Hall–Kier alpha value is 1.63. The molecule has 17 heteroatoms. The van der Waals surface area contributed by atoms with Gasteiger partial charge >= 0.3 is 43.3 Å². The third-order valence-electron chi connectivity index (χ3n) is 3.69. The summed E-state index contributed by atoms with van der Waals surface area (Å²) in [6.45, 7) is 42.5. The van der Waals surface area contributed by atoms with E-state index in [4.69, 9.17) is 32.9 Å². The van der Waals surface area contributed by atoms with E-state index in [-0.39, 0.29) is 0 Å². The van der Waals surface area contributed by atoms with Gasteiger partial charge in [-0.2, -0.15) is 0 Å². The van der Waals surface area contributed by atoms with Crippen LogP contribution >= 0.6 is 0 Å². The van der Waals surface area contributed by atoms with Crippen molar-refractivity contribution in [3.63, 3.8) is 0 Å². The zero-order valence-corrected chi connectivity index (χ0v) is 36.8. The zero-order valence-electron chi connectivity index (χ0n) is 27.8. The summed E-state index contributed by atoms with van der Waals surface area (Å²) < 4.78 is 54.5. The number of rotatable bonds is 16. The average Bonchev–Trinajstić information content (AvgIpc) is 2.29. The second-order valence-corrected chi connectivity index (χ2v) is 51.0. The normalized spacial score (nSPS) is 15.9. The third kappa shape index (κ3) is 19.4. The third-order valence-corrected chi connectivity index (χ3v) is 33.2. The van der Waals surface area contributed by atoms with E-state index in [0.29, 0.717) is 0 Å². The lowest BCUT2D eigenvalue weighted by Crippen LogP contribution is -2.70. The lowest BCUT2D eigenvalue weighted by molar-refractivity contribution is 0.103. The first kappa shape index (κ1) is 38.6. The largest absolute Gasteiger partial charge is 0.643 e. The minimum Gasteiger partial charge on any atom is -0.437 e. The van der Waals surface area contributed by atoms with E-state index >= 15 is 0 Å². The second kappa shape index (κ2) is 12.5. The Kier molecular flexibility index (Phi) is 13.0. The van der Waals surface area contributed by atoms with Crippen molar-refractivity contribution in [2.45, 2.75) is 131 Å². The Balaban J connectivity index is 6.96. The van der Waals surface area contributed by atoms with Gasteiger partial charge in [0.15, 0.2) is 33.3 Å². The summed E-state index contributed by atoms with van der Waals surface area (Å²) in [4.78, 5) is 0. The molecule has 8 nitrogen and oxygen atoms in total. The fourth-order valence-electron chi connectivity index (χ4n) is 4.36. The highest BCUT2D eigenvalue weighted by molar-refractivity contribution is 6.94. The van der Waals surface area contributed by atoms with Crippen molar-refractivity contribution in [1.82, 2.24) is 0 Å². The summed E-state index contributed by atoms with van der Waals surface area (Å²) in [6.07, 6.45) is 0. The molecule has 224 valence electrons.